The molecule has 0 N–H and O–H groups in total. The molecule has 0 radical (unpaired) electrons. The van der Waals surface area contributed by atoms with Crippen molar-refractivity contribution < 1.29 is 34.8 Å². The molecule has 0 bridgehead atoms. The molecule has 3 aromatic rings. The Balaban J connectivity index is 2.22. The topological polar surface area (TPSA) is 90.6 Å². The van der Waals surface area contributed by atoms with Crippen LogP contribution in [0, 0.1) is 0 Å². The summed E-state index contributed by atoms with van der Waals surface area (Å²) in [7, 11) is -2.93. The van der Waals surface area contributed by atoms with Gasteiger partial charge in [-0.2, -0.15) is 26.3 Å². The van der Waals surface area contributed by atoms with E-state index in [1.54, 1.807) is 0 Å². The third-order valence-electron chi connectivity index (χ3n) is 4.33. The molecule has 7 nitrogen and oxygen atoms in total. The summed E-state index contributed by atoms with van der Waals surface area (Å²) < 4.78 is 104. The molecule has 0 atom stereocenters. The van der Waals surface area contributed by atoms with Gasteiger partial charge in [-0.25, -0.2) is 13.4 Å². The summed E-state index contributed by atoms with van der Waals surface area (Å²) in [6.45, 7) is 1.23. The Hall–Kier alpha value is -2.74. The molecule has 0 aromatic carbocycles. The van der Waals surface area contributed by atoms with E-state index in [1.807, 2.05) is 0 Å². The lowest BCUT2D eigenvalue weighted by molar-refractivity contribution is -0.138. The molecule has 0 spiro atoms. The molecule has 0 amide bonds. The maximum absolute atomic E-state index is 13.1. The monoisotopic (exact) mass is 499 g/mol. The smallest absolute Gasteiger partial charge is 0.307 e. The zero-order valence-corrected chi connectivity index (χ0v) is 17.7. The fraction of sp³-hybridized carbons (Fsp3) is 0.294. The Morgan fingerprint density at radius 1 is 0.969 bits per heavy atom. The van der Waals surface area contributed by atoms with E-state index in [-0.39, 0.29) is 17.3 Å². The predicted octanol–water partition coefficient (Wildman–Crippen LogP) is 4.42. The van der Waals surface area contributed by atoms with Crippen LogP contribution in [0.3, 0.4) is 0 Å². The van der Waals surface area contributed by atoms with E-state index >= 15 is 0 Å². The van der Waals surface area contributed by atoms with Crippen molar-refractivity contribution in [2.45, 2.75) is 24.2 Å². The van der Waals surface area contributed by atoms with Gasteiger partial charge < -0.3 is 4.57 Å². The molecule has 0 saturated carbocycles. The van der Waals surface area contributed by atoms with E-state index in [1.165, 1.54) is 14.0 Å². The third kappa shape index (κ3) is 4.55. The highest BCUT2D eigenvalue weighted by atomic mass is 35.5. The number of aromatic nitrogens is 5. The zero-order chi connectivity index (χ0) is 24.1. The van der Waals surface area contributed by atoms with Crippen molar-refractivity contribution in [2.24, 2.45) is 7.05 Å². The Morgan fingerprint density at radius 3 is 2.12 bits per heavy atom. The van der Waals surface area contributed by atoms with Gasteiger partial charge in [-0.3, -0.25) is 4.98 Å². The lowest BCUT2D eigenvalue weighted by Crippen LogP contribution is -2.13. The molecule has 15 heteroatoms. The quantitative estimate of drug-likeness (QED) is 0.390. The van der Waals surface area contributed by atoms with Gasteiger partial charge in [-0.1, -0.05) is 18.5 Å². The number of pyridine rings is 2. The molecular weight excluding hydrogens is 488 g/mol. The second-order valence-electron chi connectivity index (χ2n) is 6.44. The summed E-state index contributed by atoms with van der Waals surface area (Å²) in [6, 6.07) is 1.68. The number of hydrogen-bond acceptors (Lipinski definition) is 6. The molecule has 0 unspecified atom stereocenters. The highest BCUT2D eigenvalue weighted by molar-refractivity contribution is 7.91. The fourth-order valence-electron chi connectivity index (χ4n) is 2.69. The fourth-order valence-corrected chi connectivity index (χ4v) is 3.96. The van der Waals surface area contributed by atoms with Crippen molar-refractivity contribution in [3.8, 4) is 23.0 Å². The van der Waals surface area contributed by atoms with Crippen LogP contribution in [0.15, 0.2) is 29.3 Å². The van der Waals surface area contributed by atoms with Crippen molar-refractivity contribution in [2.75, 3.05) is 5.75 Å². The van der Waals surface area contributed by atoms with Crippen molar-refractivity contribution in [3.63, 3.8) is 0 Å². The summed E-state index contributed by atoms with van der Waals surface area (Å²) in [5, 5.41) is 6.95. The number of nitrogens with zero attached hydrogens (tertiary/aromatic N) is 5. The standard InChI is InChI=1S/C17H12ClF6N5O2S/c1-3-32(30,31)11-5-9(17(22,23)24)7-25-13(11)15-28-27-14(29(15)2)10-4-8(16(19,20)21)6-12(18)26-10/h4-7H,3H2,1-2H3. The van der Waals surface area contributed by atoms with Crippen molar-refractivity contribution in [1.82, 2.24) is 24.7 Å². The minimum absolute atomic E-state index is 0.241. The number of hydrogen-bond donors (Lipinski definition) is 0. The first-order valence-corrected chi connectivity index (χ1v) is 10.6. The second-order valence-corrected chi connectivity index (χ2v) is 9.07. The van der Waals surface area contributed by atoms with Crippen LogP contribution in [-0.2, 0) is 29.2 Å². The van der Waals surface area contributed by atoms with Crippen molar-refractivity contribution >= 4 is 21.4 Å². The van der Waals surface area contributed by atoms with E-state index in [4.69, 9.17) is 11.6 Å². The van der Waals surface area contributed by atoms with Gasteiger partial charge in [0.2, 0.25) is 0 Å². The van der Waals surface area contributed by atoms with Crippen LogP contribution in [0.2, 0.25) is 5.15 Å². The van der Waals surface area contributed by atoms with Crippen LogP contribution < -0.4 is 0 Å². The van der Waals surface area contributed by atoms with Gasteiger partial charge in [0.1, 0.15) is 16.5 Å². The molecule has 0 aliphatic heterocycles. The Bertz CT molecular complexity index is 1290. The van der Waals surface area contributed by atoms with Crippen LogP contribution in [0.4, 0.5) is 26.3 Å². The maximum Gasteiger partial charge on any atom is 0.417 e. The van der Waals surface area contributed by atoms with Crippen LogP contribution >= 0.6 is 11.6 Å². The normalized spacial score (nSPS) is 12.9. The number of sulfone groups is 1. The summed E-state index contributed by atoms with van der Waals surface area (Å²) in [6.07, 6.45) is -9.16. The predicted molar refractivity (Wildman–Crippen MR) is 100 cm³/mol. The molecule has 0 aliphatic carbocycles. The lowest BCUT2D eigenvalue weighted by Gasteiger charge is -2.13. The highest BCUT2D eigenvalue weighted by Gasteiger charge is 2.35. The van der Waals surface area contributed by atoms with Gasteiger partial charge in [0.15, 0.2) is 21.5 Å². The molecule has 32 heavy (non-hydrogen) atoms. The van der Waals surface area contributed by atoms with Gasteiger partial charge >= 0.3 is 12.4 Å². The number of rotatable bonds is 4. The van der Waals surface area contributed by atoms with Gasteiger partial charge in [-0.15, -0.1) is 10.2 Å². The summed E-state index contributed by atoms with van der Waals surface area (Å²) in [4.78, 5) is 6.65. The summed E-state index contributed by atoms with van der Waals surface area (Å²) in [5.74, 6) is -1.07. The Morgan fingerprint density at radius 2 is 1.56 bits per heavy atom. The Kier molecular flexibility index (Phi) is 5.97. The molecular formula is C17H12ClF6N5O2S. The van der Waals surface area contributed by atoms with E-state index in [2.05, 4.69) is 20.2 Å². The second kappa shape index (κ2) is 7.99. The van der Waals surface area contributed by atoms with E-state index in [0.717, 1.165) is 4.57 Å². The molecule has 3 rings (SSSR count). The van der Waals surface area contributed by atoms with E-state index in [9.17, 15) is 34.8 Å². The molecule has 172 valence electrons. The minimum Gasteiger partial charge on any atom is -0.307 e. The molecule has 3 aromatic heterocycles. The number of alkyl halides is 6. The van der Waals surface area contributed by atoms with Gasteiger partial charge in [0.05, 0.1) is 21.8 Å². The third-order valence-corrected chi connectivity index (χ3v) is 6.27. The largest absolute Gasteiger partial charge is 0.417 e. The van der Waals surface area contributed by atoms with Gasteiger partial charge in [-0.05, 0) is 18.2 Å². The molecule has 0 fully saturated rings. The van der Waals surface area contributed by atoms with Crippen LogP contribution in [-0.4, -0.2) is 38.9 Å². The molecule has 0 saturated heterocycles. The molecule has 0 aliphatic rings. The van der Waals surface area contributed by atoms with Crippen LogP contribution in [0.25, 0.3) is 23.0 Å². The lowest BCUT2D eigenvalue weighted by atomic mass is 10.2. The Labute approximate surface area is 182 Å². The van der Waals surface area contributed by atoms with Crippen molar-refractivity contribution in [1.29, 1.82) is 0 Å². The first-order chi connectivity index (χ1) is 14.6. The minimum atomic E-state index is -4.85. The first-order valence-electron chi connectivity index (χ1n) is 8.60. The van der Waals surface area contributed by atoms with E-state index in [0.29, 0.717) is 24.4 Å². The average molecular weight is 500 g/mol. The highest BCUT2D eigenvalue weighted by Crippen LogP contribution is 2.36. The maximum atomic E-state index is 13.1. The summed E-state index contributed by atoms with van der Waals surface area (Å²) >= 11 is 5.68. The average Bonchev–Trinajstić information content (AvgIpc) is 3.07. The molecule has 3 heterocycles. The summed E-state index contributed by atoms with van der Waals surface area (Å²) in [5.41, 5.74) is -3.18. The SMILES string of the molecule is CCS(=O)(=O)c1cc(C(F)(F)F)cnc1-c1nnc(-c2cc(C(F)(F)F)cc(Cl)n2)n1C. The zero-order valence-electron chi connectivity index (χ0n) is 16.1. The van der Waals surface area contributed by atoms with Crippen LogP contribution in [0.5, 0.6) is 0 Å². The van der Waals surface area contributed by atoms with Gasteiger partial charge in [0, 0.05) is 13.2 Å². The van der Waals surface area contributed by atoms with Crippen molar-refractivity contribution in [3.05, 3.63) is 40.7 Å². The van der Waals surface area contributed by atoms with Crippen LogP contribution in [0.1, 0.15) is 18.1 Å². The van der Waals surface area contributed by atoms with E-state index < -0.39 is 54.8 Å². The number of halogens is 7. The van der Waals surface area contributed by atoms with Gasteiger partial charge in [0.25, 0.3) is 0 Å². The first kappa shape index (κ1) is 23.9.